The van der Waals surface area contributed by atoms with Crippen LogP contribution >= 0.6 is 27.7 Å². The molecule has 0 aliphatic rings. The van der Waals surface area contributed by atoms with Gasteiger partial charge in [-0.15, -0.1) is 10.2 Å². The fraction of sp³-hybridized carbons (Fsp3) is 0.167. The van der Waals surface area contributed by atoms with E-state index in [-0.39, 0.29) is 4.90 Å². The summed E-state index contributed by atoms with van der Waals surface area (Å²) in [7, 11) is -3.73. The Labute approximate surface area is 206 Å². The zero-order valence-electron chi connectivity index (χ0n) is 18.1. The van der Waals surface area contributed by atoms with E-state index in [4.69, 9.17) is 0 Å². The first kappa shape index (κ1) is 23.7. The number of halogens is 1. The Morgan fingerprint density at radius 1 is 0.970 bits per heavy atom. The van der Waals surface area contributed by atoms with Crippen molar-refractivity contribution >= 4 is 37.7 Å². The lowest BCUT2D eigenvalue weighted by molar-refractivity contribution is 0.556. The highest BCUT2D eigenvalue weighted by atomic mass is 79.9. The lowest BCUT2D eigenvalue weighted by Gasteiger charge is -2.17. The summed E-state index contributed by atoms with van der Waals surface area (Å²) in [5, 5.41) is 9.48. The van der Waals surface area contributed by atoms with Gasteiger partial charge in [0.05, 0.1) is 10.9 Å². The van der Waals surface area contributed by atoms with E-state index in [1.54, 1.807) is 43.0 Å². The molecule has 0 saturated heterocycles. The third-order valence-electron chi connectivity index (χ3n) is 5.00. The molecule has 0 saturated carbocycles. The summed E-state index contributed by atoms with van der Waals surface area (Å²) in [5.74, 6) is 1.25. The van der Waals surface area contributed by atoms with Crippen LogP contribution < -0.4 is 4.72 Å². The van der Waals surface area contributed by atoms with E-state index < -0.39 is 16.1 Å². The summed E-state index contributed by atoms with van der Waals surface area (Å²) in [5.41, 5.74) is 3.19. The predicted molar refractivity (Wildman–Crippen MR) is 135 cm³/mol. The Kier molecular flexibility index (Phi) is 7.33. The van der Waals surface area contributed by atoms with E-state index in [9.17, 15) is 8.42 Å². The van der Waals surface area contributed by atoms with Gasteiger partial charge in [0.25, 0.3) is 0 Å². The summed E-state index contributed by atoms with van der Waals surface area (Å²) >= 11 is 4.90. The summed E-state index contributed by atoms with van der Waals surface area (Å²) in [6.45, 7) is 3.80. The topological polar surface area (TPSA) is 76.9 Å². The molecule has 4 rings (SSSR count). The molecule has 4 aromatic rings. The van der Waals surface area contributed by atoms with Crippen LogP contribution in [-0.2, 0) is 15.8 Å². The van der Waals surface area contributed by atoms with Gasteiger partial charge >= 0.3 is 0 Å². The Morgan fingerprint density at radius 3 is 2.30 bits per heavy atom. The number of nitrogens with zero attached hydrogens (tertiary/aromatic N) is 3. The molecule has 0 amide bonds. The molecule has 170 valence electrons. The number of aryl methyl sites for hydroxylation is 1. The molecule has 1 N–H and O–H groups in total. The standard InChI is InChI=1S/C24H23BrN4O2S2/c1-17-8-12-21(13-9-17)29-23(26-27-24(29)32-16-19-6-4-3-5-7-19)18(2)28-33(30,31)22-14-10-20(25)11-15-22/h3-15,18,28H,16H2,1-2H3. The highest BCUT2D eigenvalue weighted by Gasteiger charge is 2.24. The monoisotopic (exact) mass is 542 g/mol. The van der Waals surface area contributed by atoms with Crippen LogP contribution in [0.5, 0.6) is 0 Å². The molecule has 6 nitrogen and oxygen atoms in total. The molecular formula is C24H23BrN4O2S2. The maximum atomic E-state index is 12.9. The van der Waals surface area contributed by atoms with Crippen LogP contribution in [0.3, 0.4) is 0 Å². The van der Waals surface area contributed by atoms with E-state index in [0.29, 0.717) is 11.0 Å². The third-order valence-corrected chi connectivity index (χ3v) is 8.09. The second kappa shape index (κ2) is 10.2. The molecule has 0 bridgehead atoms. The number of thioether (sulfide) groups is 1. The van der Waals surface area contributed by atoms with Crippen molar-refractivity contribution in [3.05, 3.63) is 100 Å². The van der Waals surface area contributed by atoms with Crippen LogP contribution in [-0.4, -0.2) is 23.2 Å². The second-order valence-corrected chi connectivity index (χ2v) is 11.2. The van der Waals surface area contributed by atoms with E-state index in [1.807, 2.05) is 54.0 Å². The molecule has 0 spiro atoms. The van der Waals surface area contributed by atoms with Crippen molar-refractivity contribution in [3.63, 3.8) is 0 Å². The number of hydrogen-bond donors (Lipinski definition) is 1. The fourth-order valence-electron chi connectivity index (χ4n) is 3.28. The predicted octanol–water partition coefficient (Wildman–Crippen LogP) is 5.67. The van der Waals surface area contributed by atoms with Crippen LogP contribution in [0.1, 0.15) is 29.9 Å². The average molecular weight is 544 g/mol. The molecule has 1 unspecified atom stereocenters. The molecule has 0 aliphatic heterocycles. The van der Waals surface area contributed by atoms with Crippen LogP contribution in [0.25, 0.3) is 5.69 Å². The Bertz CT molecular complexity index is 1320. The first-order chi connectivity index (χ1) is 15.8. The minimum absolute atomic E-state index is 0.192. The van der Waals surface area contributed by atoms with Gasteiger partial charge in [-0.2, -0.15) is 0 Å². The van der Waals surface area contributed by atoms with Gasteiger partial charge in [0.1, 0.15) is 0 Å². The number of hydrogen-bond acceptors (Lipinski definition) is 5. The number of aromatic nitrogens is 3. The molecule has 0 aliphatic carbocycles. The van der Waals surface area contributed by atoms with E-state index in [0.717, 1.165) is 21.5 Å². The molecule has 1 heterocycles. The van der Waals surface area contributed by atoms with Crippen molar-refractivity contribution in [3.8, 4) is 5.69 Å². The van der Waals surface area contributed by atoms with Crippen molar-refractivity contribution in [2.75, 3.05) is 0 Å². The van der Waals surface area contributed by atoms with Gasteiger partial charge in [0.2, 0.25) is 10.0 Å². The van der Waals surface area contributed by atoms with Gasteiger partial charge < -0.3 is 0 Å². The smallest absolute Gasteiger partial charge is 0.241 e. The number of benzene rings is 3. The van der Waals surface area contributed by atoms with E-state index >= 15 is 0 Å². The quantitative estimate of drug-likeness (QED) is 0.290. The van der Waals surface area contributed by atoms with Gasteiger partial charge in [-0.1, -0.05) is 75.7 Å². The van der Waals surface area contributed by atoms with Crippen molar-refractivity contribution in [2.45, 2.75) is 35.7 Å². The first-order valence-electron chi connectivity index (χ1n) is 10.3. The Morgan fingerprint density at radius 2 is 1.64 bits per heavy atom. The zero-order valence-corrected chi connectivity index (χ0v) is 21.4. The van der Waals surface area contributed by atoms with Crippen LogP contribution in [0, 0.1) is 6.92 Å². The third kappa shape index (κ3) is 5.73. The van der Waals surface area contributed by atoms with Crippen LogP contribution in [0.15, 0.2) is 93.4 Å². The van der Waals surface area contributed by atoms with Crippen molar-refractivity contribution in [1.29, 1.82) is 0 Å². The Balaban J connectivity index is 1.65. The van der Waals surface area contributed by atoms with Gasteiger partial charge in [0.15, 0.2) is 11.0 Å². The van der Waals surface area contributed by atoms with Gasteiger partial charge in [-0.25, -0.2) is 13.1 Å². The molecule has 1 aromatic heterocycles. The minimum atomic E-state index is -3.73. The Hall–Kier alpha value is -2.46. The number of rotatable bonds is 8. The highest BCUT2D eigenvalue weighted by molar-refractivity contribution is 9.10. The molecule has 0 fully saturated rings. The summed E-state index contributed by atoms with van der Waals surface area (Å²) in [6, 6.07) is 24.1. The molecule has 9 heteroatoms. The summed E-state index contributed by atoms with van der Waals surface area (Å²) < 4.78 is 31.4. The van der Waals surface area contributed by atoms with Crippen LogP contribution in [0.2, 0.25) is 0 Å². The molecule has 1 atom stereocenters. The van der Waals surface area contributed by atoms with Gasteiger partial charge in [-0.3, -0.25) is 4.57 Å². The fourth-order valence-corrected chi connectivity index (χ4v) is 5.66. The van der Waals surface area contributed by atoms with Crippen molar-refractivity contribution in [2.24, 2.45) is 0 Å². The minimum Gasteiger partial charge on any atom is -0.273 e. The number of nitrogens with one attached hydrogen (secondary N) is 1. The van der Waals surface area contributed by atoms with Crippen LogP contribution in [0.4, 0.5) is 0 Å². The van der Waals surface area contributed by atoms with Gasteiger partial charge in [-0.05, 0) is 55.8 Å². The largest absolute Gasteiger partial charge is 0.273 e. The molecule has 3 aromatic carbocycles. The lowest BCUT2D eigenvalue weighted by Crippen LogP contribution is -2.28. The van der Waals surface area contributed by atoms with E-state index in [2.05, 4.69) is 43.0 Å². The average Bonchev–Trinajstić information content (AvgIpc) is 3.23. The van der Waals surface area contributed by atoms with E-state index in [1.165, 1.54) is 5.56 Å². The maximum Gasteiger partial charge on any atom is 0.241 e. The number of sulfonamides is 1. The SMILES string of the molecule is Cc1ccc(-n2c(SCc3ccccc3)nnc2C(C)NS(=O)(=O)c2ccc(Br)cc2)cc1. The zero-order chi connectivity index (χ0) is 23.4. The van der Waals surface area contributed by atoms with Crippen molar-refractivity contribution in [1.82, 2.24) is 19.5 Å². The highest BCUT2D eigenvalue weighted by Crippen LogP contribution is 2.28. The molecule has 33 heavy (non-hydrogen) atoms. The molecular weight excluding hydrogens is 520 g/mol. The summed E-state index contributed by atoms with van der Waals surface area (Å²) in [4.78, 5) is 0.192. The second-order valence-electron chi connectivity index (χ2n) is 7.58. The van der Waals surface area contributed by atoms with Crippen molar-refractivity contribution < 1.29 is 8.42 Å². The molecule has 0 radical (unpaired) electrons. The lowest BCUT2D eigenvalue weighted by atomic mass is 10.2. The summed E-state index contributed by atoms with van der Waals surface area (Å²) in [6.07, 6.45) is 0. The maximum absolute atomic E-state index is 12.9. The van der Waals surface area contributed by atoms with Gasteiger partial charge in [0, 0.05) is 15.9 Å². The first-order valence-corrected chi connectivity index (χ1v) is 13.6. The normalized spacial score (nSPS) is 12.6.